The van der Waals surface area contributed by atoms with Crippen LogP contribution in [0.25, 0.3) is 10.9 Å². The quantitative estimate of drug-likeness (QED) is 0.223. The summed E-state index contributed by atoms with van der Waals surface area (Å²) in [4.78, 5) is 36.4. The Morgan fingerprint density at radius 1 is 1.08 bits per heavy atom. The van der Waals surface area contributed by atoms with Crippen LogP contribution in [0.15, 0.2) is 42.5 Å². The van der Waals surface area contributed by atoms with E-state index in [0.29, 0.717) is 24.2 Å². The van der Waals surface area contributed by atoms with Gasteiger partial charge in [0.05, 0.1) is 30.4 Å². The summed E-state index contributed by atoms with van der Waals surface area (Å²) in [6.45, 7) is -0.233. The van der Waals surface area contributed by atoms with Gasteiger partial charge in [0.2, 0.25) is 5.28 Å². The molecule has 2 unspecified atom stereocenters. The van der Waals surface area contributed by atoms with Crippen LogP contribution in [-0.4, -0.2) is 43.3 Å². The molecule has 10 nitrogen and oxygen atoms in total. The average Bonchev–Trinajstić information content (AvgIpc) is 3.43. The topological polar surface area (TPSA) is 151 Å². The molecule has 3 aromatic rings. The molecule has 192 valence electrons. The van der Waals surface area contributed by atoms with Crippen LogP contribution in [0.2, 0.25) is 5.28 Å². The molecule has 1 fully saturated rings. The van der Waals surface area contributed by atoms with Gasteiger partial charge in [0.25, 0.3) is 0 Å². The highest BCUT2D eigenvalue weighted by molar-refractivity contribution is 7.70. The standard InChI is InChI=1S/C23H26ClN3O7P2/c24-23-26-20-11-15(21-10-7-16(34-21)12-33-36(31,32)13-35(28,29)30)5-8-18(20)22(27-23)25-19-9-6-14-3-1-2-4-17(14)19/h1-5,8,11,16,19,21H,6-7,9-10,12-13H2,(H,31,32)(H,25,26,27)(H2,28,29,30)/t16-,19?,21+/m0/s1. The number of nitrogens with one attached hydrogen (secondary N) is 1. The molecule has 0 saturated carbocycles. The van der Waals surface area contributed by atoms with E-state index >= 15 is 0 Å². The van der Waals surface area contributed by atoms with E-state index in [4.69, 9.17) is 30.6 Å². The molecule has 4 atom stereocenters. The SMILES string of the molecule is O=P(O)(O)CP(=O)(O)OC[C@@H]1CC[C@H](c2ccc3c(NC4CCc5ccccc54)nc(Cl)nc3c2)O1. The summed E-state index contributed by atoms with van der Waals surface area (Å²) in [5.41, 5.74) is 4.14. The molecule has 13 heteroatoms. The number of hydrogen-bond acceptors (Lipinski definition) is 7. The van der Waals surface area contributed by atoms with E-state index in [1.165, 1.54) is 11.1 Å². The average molecular weight is 554 g/mol. The maximum absolute atomic E-state index is 11.9. The molecule has 2 aliphatic rings. The summed E-state index contributed by atoms with van der Waals surface area (Å²) >= 11 is 6.26. The van der Waals surface area contributed by atoms with E-state index in [9.17, 15) is 14.0 Å². The van der Waals surface area contributed by atoms with Crippen LogP contribution in [0.4, 0.5) is 5.82 Å². The zero-order chi connectivity index (χ0) is 25.5. The minimum absolute atomic E-state index is 0.135. The molecule has 4 N–H and O–H groups in total. The number of ether oxygens (including phenoxy) is 1. The van der Waals surface area contributed by atoms with Gasteiger partial charge in [0.1, 0.15) is 5.82 Å². The molecular weight excluding hydrogens is 528 g/mol. The predicted octanol–water partition coefficient (Wildman–Crippen LogP) is 4.94. The predicted molar refractivity (Wildman–Crippen MR) is 135 cm³/mol. The van der Waals surface area contributed by atoms with Gasteiger partial charge in [0, 0.05) is 5.39 Å². The fraction of sp³-hybridized carbons (Fsp3) is 0.391. The molecule has 0 bridgehead atoms. The van der Waals surface area contributed by atoms with Crippen molar-refractivity contribution < 1.29 is 33.1 Å². The highest BCUT2D eigenvalue weighted by Crippen LogP contribution is 2.55. The molecule has 0 spiro atoms. The second-order valence-electron chi connectivity index (χ2n) is 9.12. The molecule has 2 aromatic carbocycles. The molecule has 0 radical (unpaired) electrons. The summed E-state index contributed by atoms with van der Waals surface area (Å²) in [5, 5.41) is 4.51. The van der Waals surface area contributed by atoms with Gasteiger partial charge >= 0.3 is 15.2 Å². The third kappa shape index (κ3) is 5.98. The lowest BCUT2D eigenvalue weighted by atomic mass is 10.0. The number of halogens is 1. The van der Waals surface area contributed by atoms with Crippen LogP contribution >= 0.6 is 26.8 Å². The van der Waals surface area contributed by atoms with E-state index in [0.717, 1.165) is 23.8 Å². The summed E-state index contributed by atoms with van der Waals surface area (Å²) in [6, 6.07) is 14.3. The third-order valence-corrected chi connectivity index (χ3v) is 10.1. The van der Waals surface area contributed by atoms with E-state index in [1.54, 1.807) is 0 Å². The van der Waals surface area contributed by atoms with Crippen molar-refractivity contribution in [3.8, 4) is 0 Å². The van der Waals surface area contributed by atoms with Gasteiger partial charge in [-0.05, 0) is 66.1 Å². The van der Waals surface area contributed by atoms with Crippen molar-refractivity contribution in [2.45, 2.75) is 43.9 Å². The minimum atomic E-state index is -4.67. The smallest absolute Gasteiger partial charge is 0.340 e. The van der Waals surface area contributed by atoms with Crippen molar-refractivity contribution in [1.82, 2.24) is 9.97 Å². The Hall–Kier alpha value is -1.87. The zero-order valence-electron chi connectivity index (χ0n) is 19.2. The van der Waals surface area contributed by atoms with Crippen molar-refractivity contribution in [1.29, 1.82) is 0 Å². The van der Waals surface area contributed by atoms with Crippen LogP contribution in [0.1, 0.15) is 48.1 Å². The first-order valence-corrected chi connectivity index (χ1v) is 15.5. The lowest BCUT2D eigenvalue weighted by molar-refractivity contribution is 0.0150. The van der Waals surface area contributed by atoms with Gasteiger partial charge < -0.3 is 29.3 Å². The van der Waals surface area contributed by atoms with Crippen LogP contribution in [0, 0.1) is 0 Å². The maximum Gasteiger partial charge on any atom is 0.340 e. The van der Waals surface area contributed by atoms with E-state index in [1.807, 2.05) is 30.3 Å². The molecule has 1 aromatic heterocycles. The molecule has 2 heterocycles. The van der Waals surface area contributed by atoms with Crippen LogP contribution in [0.5, 0.6) is 0 Å². The summed E-state index contributed by atoms with van der Waals surface area (Å²) in [6.07, 6.45) is 2.43. The maximum atomic E-state index is 11.9. The summed E-state index contributed by atoms with van der Waals surface area (Å²) < 4.78 is 33.8. The Morgan fingerprint density at radius 2 is 1.89 bits per heavy atom. The van der Waals surface area contributed by atoms with Gasteiger partial charge in [0.15, 0.2) is 5.90 Å². The monoisotopic (exact) mass is 553 g/mol. The fourth-order valence-electron chi connectivity index (χ4n) is 4.85. The number of aryl methyl sites for hydroxylation is 1. The number of anilines is 1. The molecule has 36 heavy (non-hydrogen) atoms. The number of nitrogens with zero attached hydrogens (tertiary/aromatic N) is 2. The number of fused-ring (bicyclic) bond motifs is 2. The third-order valence-electron chi connectivity index (χ3n) is 6.44. The van der Waals surface area contributed by atoms with Crippen molar-refractivity contribution in [3.63, 3.8) is 0 Å². The molecule has 5 rings (SSSR count). The molecule has 1 aliphatic heterocycles. The van der Waals surface area contributed by atoms with Gasteiger partial charge in [-0.15, -0.1) is 0 Å². The van der Waals surface area contributed by atoms with E-state index < -0.39 is 27.2 Å². The first-order chi connectivity index (χ1) is 17.1. The van der Waals surface area contributed by atoms with Crippen molar-refractivity contribution in [3.05, 3.63) is 64.4 Å². The van der Waals surface area contributed by atoms with Crippen LogP contribution in [-0.2, 0) is 24.8 Å². The van der Waals surface area contributed by atoms with E-state index in [2.05, 4.69) is 27.4 Å². The Labute approximate surface area is 212 Å². The Kier molecular flexibility index (Phi) is 7.24. The zero-order valence-corrected chi connectivity index (χ0v) is 21.7. The van der Waals surface area contributed by atoms with E-state index in [-0.39, 0.29) is 24.0 Å². The molecule has 0 amide bonds. The number of aromatic nitrogens is 2. The Balaban J connectivity index is 1.29. The van der Waals surface area contributed by atoms with Gasteiger partial charge in [-0.25, -0.2) is 9.97 Å². The van der Waals surface area contributed by atoms with Gasteiger partial charge in [-0.1, -0.05) is 30.3 Å². The first-order valence-electron chi connectivity index (χ1n) is 11.5. The van der Waals surface area contributed by atoms with Crippen molar-refractivity contribution in [2.75, 3.05) is 17.8 Å². The number of rotatable bonds is 8. The molecule has 1 aliphatic carbocycles. The highest BCUT2D eigenvalue weighted by Gasteiger charge is 2.34. The summed E-state index contributed by atoms with van der Waals surface area (Å²) in [5.74, 6) is -0.551. The van der Waals surface area contributed by atoms with Gasteiger partial charge in [-0.2, -0.15) is 0 Å². The normalized spacial score (nSPS) is 23.5. The van der Waals surface area contributed by atoms with Crippen LogP contribution < -0.4 is 5.32 Å². The lowest BCUT2D eigenvalue weighted by Crippen LogP contribution is -2.14. The van der Waals surface area contributed by atoms with Crippen molar-refractivity contribution in [2.24, 2.45) is 0 Å². The lowest BCUT2D eigenvalue weighted by Gasteiger charge is -2.18. The molecular formula is C23H26ClN3O7P2. The second kappa shape index (κ2) is 10.1. The Bertz CT molecular complexity index is 1390. The highest BCUT2D eigenvalue weighted by atomic mass is 35.5. The fourth-order valence-corrected chi connectivity index (χ4v) is 7.61. The van der Waals surface area contributed by atoms with Crippen molar-refractivity contribution >= 4 is 43.5 Å². The largest absolute Gasteiger partial charge is 0.368 e. The minimum Gasteiger partial charge on any atom is -0.368 e. The van der Waals surface area contributed by atoms with Crippen LogP contribution in [0.3, 0.4) is 0 Å². The molecule has 1 saturated heterocycles. The first kappa shape index (κ1) is 25.8. The number of benzene rings is 2. The summed E-state index contributed by atoms with van der Waals surface area (Å²) in [7, 11) is -9.09. The second-order valence-corrected chi connectivity index (χ2v) is 13.4. The number of hydrogen-bond donors (Lipinski definition) is 4. The van der Waals surface area contributed by atoms with Gasteiger partial charge in [-0.3, -0.25) is 9.13 Å². The Morgan fingerprint density at radius 3 is 2.69 bits per heavy atom.